The highest BCUT2D eigenvalue weighted by atomic mass is 32.1. The molecule has 6 nitrogen and oxygen atoms in total. The van der Waals surface area contributed by atoms with Crippen molar-refractivity contribution in [2.45, 2.75) is 6.92 Å². The summed E-state index contributed by atoms with van der Waals surface area (Å²) in [4.78, 5) is 16.6. The third-order valence-electron chi connectivity index (χ3n) is 2.84. The molecule has 0 spiro atoms. The molecular weight excluding hydrogens is 274 g/mol. The van der Waals surface area contributed by atoms with E-state index in [0.29, 0.717) is 10.7 Å². The van der Waals surface area contributed by atoms with Crippen LogP contribution in [0.3, 0.4) is 0 Å². The quantitative estimate of drug-likeness (QED) is 0.803. The summed E-state index contributed by atoms with van der Waals surface area (Å²) >= 11 is 1.41. The highest BCUT2D eigenvalue weighted by Crippen LogP contribution is 2.18. The van der Waals surface area contributed by atoms with Gasteiger partial charge in [-0.2, -0.15) is 5.10 Å². The van der Waals surface area contributed by atoms with Crippen LogP contribution in [0.25, 0.3) is 5.82 Å². The first-order valence-corrected chi connectivity index (χ1v) is 6.92. The lowest BCUT2D eigenvalue weighted by Crippen LogP contribution is -2.14. The van der Waals surface area contributed by atoms with Gasteiger partial charge in [0.2, 0.25) is 0 Å². The Balaban J connectivity index is 1.93. The van der Waals surface area contributed by atoms with Crippen LogP contribution in [0.4, 0.5) is 5.13 Å². The fourth-order valence-electron chi connectivity index (χ4n) is 1.95. The van der Waals surface area contributed by atoms with Crippen molar-refractivity contribution in [3.05, 3.63) is 47.4 Å². The van der Waals surface area contributed by atoms with Gasteiger partial charge in [-0.25, -0.2) is 4.98 Å². The maximum atomic E-state index is 12.3. The number of hydrogen-bond donors (Lipinski definition) is 1. The minimum atomic E-state index is -0.212. The van der Waals surface area contributed by atoms with Gasteiger partial charge < -0.3 is 4.57 Å². The molecule has 0 radical (unpaired) electrons. The van der Waals surface area contributed by atoms with E-state index in [4.69, 9.17) is 0 Å². The number of carbonyl (C=O) groups excluding carboxylic acids is 1. The summed E-state index contributed by atoms with van der Waals surface area (Å²) in [6.45, 7) is 1.89. The van der Waals surface area contributed by atoms with Gasteiger partial charge in [0, 0.05) is 24.8 Å². The van der Waals surface area contributed by atoms with Crippen molar-refractivity contribution >= 4 is 22.4 Å². The van der Waals surface area contributed by atoms with Crippen molar-refractivity contribution in [1.82, 2.24) is 19.3 Å². The summed E-state index contributed by atoms with van der Waals surface area (Å²) in [6, 6.07) is 3.80. The van der Waals surface area contributed by atoms with Crippen molar-refractivity contribution in [2.75, 3.05) is 5.32 Å². The highest BCUT2D eigenvalue weighted by Gasteiger charge is 2.18. The molecule has 1 N–H and O–H groups in total. The van der Waals surface area contributed by atoms with Crippen molar-refractivity contribution in [2.24, 2.45) is 7.05 Å². The first-order valence-electron chi connectivity index (χ1n) is 6.04. The SMILES string of the molecule is Cc1csc(NC(=O)c2cnn(C)c2-n2cccc2)n1. The Morgan fingerprint density at radius 1 is 1.35 bits per heavy atom. The Bertz CT molecular complexity index is 741. The highest BCUT2D eigenvalue weighted by molar-refractivity contribution is 7.13. The summed E-state index contributed by atoms with van der Waals surface area (Å²) < 4.78 is 3.52. The average Bonchev–Trinajstić information content (AvgIpc) is 3.10. The van der Waals surface area contributed by atoms with E-state index in [1.54, 1.807) is 17.9 Å². The van der Waals surface area contributed by atoms with Gasteiger partial charge in [-0.3, -0.25) is 14.8 Å². The Labute approximate surface area is 119 Å². The number of nitrogens with zero attached hydrogens (tertiary/aromatic N) is 4. The molecule has 0 saturated carbocycles. The van der Waals surface area contributed by atoms with Crippen LogP contribution in [0.1, 0.15) is 16.1 Å². The standard InChI is InChI=1S/C13H13N5OS/c1-9-8-20-13(15-9)16-11(19)10-7-14-17(2)12(10)18-5-3-4-6-18/h3-8H,1-2H3,(H,15,16,19). The Morgan fingerprint density at radius 2 is 2.10 bits per heavy atom. The van der Waals surface area contributed by atoms with Crippen LogP contribution >= 0.6 is 11.3 Å². The zero-order chi connectivity index (χ0) is 14.1. The minimum Gasteiger partial charge on any atom is -0.308 e. The zero-order valence-corrected chi connectivity index (χ0v) is 11.9. The van der Waals surface area contributed by atoms with E-state index in [1.807, 2.05) is 41.4 Å². The van der Waals surface area contributed by atoms with Gasteiger partial charge >= 0.3 is 0 Å². The summed E-state index contributed by atoms with van der Waals surface area (Å²) in [5.74, 6) is 0.511. The second kappa shape index (κ2) is 4.93. The molecule has 0 bridgehead atoms. The predicted octanol–water partition coefficient (Wildman–Crippen LogP) is 2.23. The lowest BCUT2D eigenvalue weighted by molar-refractivity contribution is 0.102. The fourth-order valence-corrected chi connectivity index (χ4v) is 2.63. The van der Waals surface area contributed by atoms with Crippen molar-refractivity contribution in [3.63, 3.8) is 0 Å². The zero-order valence-electron chi connectivity index (χ0n) is 11.1. The lowest BCUT2D eigenvalue weighted by Gasteiger charge is -2.06. The molecule has 3 heterocycles. The van der Waals surface area contributed by atoms with Crippen LogP contribution in [0, 0.1) is 6.92 Å². The van der Waals surface area contributed by atoms with Gasteiger partial charge in [0.25, 0.3) is 5.91 Å². The summed E-state index contributed by atoms with van der Waals surface area (Å²) in [6.07, 6.45) is 5.31. The van der Waals surface area contributed by atoms with Gasteiger partial charge in [0.15, 0.2) is 5.13 Å². The predicted molar refractivity (Wildman–Crippen MR) is 77.3 cm³/mol. The number of rotatable bonds is 3. The van der Waals surface area contributed by atoms with Crippen molar-refractivity contribution in [1.29, 1.82) is 0 Å². The number of amides is 1. The van der Waals surface area contributed by atoms with E-state index >= 15 is 0 Å². The summed E-state index contributed by atoms with van der Waals surface area (Å²) in [7, 11) is 1.81. The molecule has 0 aliphatic heterocycles. The second-order valence-corrected chi connectivity index (χ2v) is 5.20. The normalized spacial score (nSPS) is 10.7. The number of thiazole rings is 1. The molecule has 20 heavy (non-hydrogen) atoms. The fraction of sp³-hybridized carbons (Fsp3) is 0.154. The number of aromatic nitrogens is 4. The van der Waals surface area contributed by atoms with E-state index in [9.17, 15) is 4.79 Å². The first-order chi connectivity index (χ1) is 9.65. The maximum absolute atomic E-state index is 12.3. The monoisotopic (exact) mass is 287 g/mol. The first kappa shape index (κ1) is 12.6. The van der Waals surface area contributed by atoms with Crippen LogP contribution in [0.2, 0.25) is 0 Å². The average molecular weight is 287 g/mol. The Hall–Kier alpha value is -2.41. The number of anilines is 1. The molecule has 0 atom stereocenters. The van der Waals surface area contributed by atoms with E-state index in [2.05, 4.69) is 15.4 Å². The molecule has 0 fully saturated rings. The van der Waals surface area contributed by atoms with Gasteiger partial charge in [-0.1, -0.05) is 0 Å². The van der Waals surface area contributed by atoms with Gasteiger partial charge in [0.05, 0.1) is 11.9 Å². The number of hydrogen-bond acceptors (Lipinski definition) is 4. The Kier molecular flexibility index (Phi) is 3.11. The van der Waals surface area contributed by atoms with Gasteiger partial charge in [-0.15, -0.1) is 11.3 Å². The second-order valence-electron chi connectivity index (χ2n) is 4.34. The van der Waals surface area contributed by atoms with Gasteiger partial charge in [-0.05, 0) is 19.1 Å². The molecule has 0 unspecified atom stereocenters. The largest absolute Gasteiger partial charge is 0.308 e. The smallest absolute Gasteiger partial charge is 0.262 e. The number of carbonyl (C=O) groups is 1. The molecule has 3 aromatic heterocycles. The maximum Gasteiger partial charge on any atom is 0.262 e. The molecular formula is C13H13N5OS. The molecule has 0 aliphatic carbocycles. The third kappa shape index (κ3) is 2.23. The molecule has 0 aliphatic rings. The summed E-state index contributed by atoms with van der Waals surface area (Å²) in [5.41, 5.74) is 1.40. The molecule has 3 aromatic rings. The molecule has 0 saturated heterocycles. The number of nitrogens with one attached hydrogen (secondary N) is 1. The number of aryl methyl sites for hydroxylation is 2. The third-order valence-corrected chi connectivity index (χ3v) is 3.72. The Morgan fingerprint density at radius 3 is 2.75 bits per heavy atom. The van der Waals surface area contributed by atoms with E-state index in [-0.39, 0.29) is 5.91 Å². The van der Waals surface area contributed by atoms with Crippen LogP contribution in [0.15, 0.2) is 36.1 Å². The van der Waals surface area contributed by atoms with E-state index in [1.165, 1.54) is 11.3 Å². The molecule has 3 rings (SSSR count). The van der Waals surface area contributed by atoms with Crippen LogP contribution in [0.5, 0.6) is 0 Å². The molecule has 7 heteroatoms. The lowest BCUT2D eigenvalue weighted by atomic mass is 10.3. The van der Waals surface area contributed by atoms with E-state index < -0.39 is 0 Å². The van der Waals surface area contributed by atoms with Crippen LogP contribution < -0.4 is 5.32 Å². The topological polar surface area (TPSA) is 64.7 Å². The summed E-state index contributed by atoms with van der Waals surface area (Å²) in [5, 5.41) is 9.44. The van der Waals surface area contributed by atoms with Crippen LogP contribution in [-0.2, 0) is 7.05 Å². The van der Waals surface area contributed by atoms with Crippen LogP contribution in [-0.4, -0.2) is 25.2 Å². The van der Waals surface area contributed by atoms with Crippen molar-refractivity contribution in [3.8, 4) is 5.82 Å². The molecule has 102 valence electrons. The van der Waals surface area contributed by atoms with Crippen molar-refractivity contribution < 1.29 is 4.79 Å². The van der Waals surface area contributed by atoms with E-state index in [0.717, 1.165) is 11.5 Å². The minimum absolute atomic E-state index is 0.212. The molecule has 0 aromatic carbocycles. The molecule has 1 amide bonds. The van der Waals surface area contributed by atoms with Gasteiger partial charge in [0.1, 0.15) is 11.4 Å².